The summed E-state index contributed by atoms with van der Waals surface area (Å²) in [6.45, 7) is 5.75. The van der Waals surface area contributed by atoms with Crippen molar-refractivity contribution in [2.24, 2.45) is 0 Å². The van der Waals surface area contributed by atoms with Crippen LogP contribution >= 0.6 is 0 Å². The van der Waals surface area contributed by atoms with E-state index in [4.69, 9.17) is 4.74 Å². The van der Waals surface area contributed by atoms with E-state index in [2.05, 4.69) is 0 Å². The Bertz CT molecular complexity index is 91.1. The molecule has 0 N–H and O–H groups in total. The van der Waals surface area contributed by atoms with Crippen molar-refractivity contribution in [3.05, 3.63) is 0 Å². The fourth-order valence-corrected chi connectivity index (χ4v) is 1.64. The summed E-state index contributed by atoms with van der Waals surface area (Å²) in [4.78, 5) is 10.7. The third-order valence-electron chi connectivity index (χ3n) is 0.571. The molecular formula is C6H12IO2-. The second kappa shape index (κ2) is 5.02. The van der Waals surface area contributed by atoms with Gasteiger partial charge in [0.2, 0.25) is 0 Å². The van der Waals surface area contributed by atoms with Gasteiger partial charge < -0.3 is 0 Å². The number of halogens is 1. The zero-order valence-electron chi connectivity index (χ0n) is 5.98. The topological polar surface area (TPSA) is 26.3 Å². The zero-order chi connectivity index (χ0) is 7.28. The van der Waals surface area contributed by atoms with Crippen LogP contribution in [0.4, 0.5) is 4.79 Å². The minimum absolute atomic E-state index is 0.0197. The molecule has 0 aliphatic carbocycles. The molecule has 0 aliphatic heterocycles. The molecular weight excluding hydrogens is 231 g/mol. The Morgan fingerprint density at radius 3 is 2.56 bits per heavy atom. The quantitative estimate of drug-likeness (QED) is 0.347. The van der Waals surface area contributed by atoms with E-state index in [0.29, 0.717) is 0 Å². The fourth-order valence-electron chi connectivity index (χ4n) is 0.326. The molecule has 0 aromatic rings. The first-order chi connectivity index (χ1) is 4.16. The van der Waals surface area contributed by atoms with Gasteiger partial charge in [0.25, 0.3) is 0 Å². The van der Waals surface area contributed by atoms with E-state index in [1.54, 1.807) is 0 Å². The summed E-state index contributed by atoms with van der Waals surface area (Å²) in [5, 5.41) is 0. The second-order valence-electron chi connectivity index (χ2n) is 1.81. The van der Waals surface area contributed by atoms with Crippen molar-refractivity contribution in [1.29, 1.82) is 0 Å². The molecule has 56 valence electrons. The molecule has 0 unspecified atom stereocenters. The van der Waals surface area contributed by atoms with E-state index in [0.717, 1.165) is 4.43 Å². The van der Waals surface area contributed by atoms with Gasteiger partial charge in [-0.05, 0) is 0 Å². The Kier molecular flexibility index (Phi) is 5.13. The molecule has 9 heavy (non-hydrogen) atoms. The van der Waals surface area contributed by atoms with Crippen LogP contribution in [-0.2, 0) is 4.74 Å². The number of carbonyl (C=O) groups is 1. The van der Waals surface area contributed by atoms with E-state index in [9.17, 15) is 4.79 Å². The standard InChI is InChI=1S/C6H12IO2/c1-4-7-6(8)9-5(2)3/h5H,4H2,1-3H3/q-1. The van der Waals surface area contributed by atoms with Gasteiger partial charge in [0.1, 0.15) is 0 Å². The molecule has 0 aromatic heterocycles. The summed E-state index contributed by atoms with van der Waals surface area (Å²) in [5.74, 6) is 0. The molecule has 3 heteroatoms. The van der Waals surface area contributed by atoms with Gasteiger partial charge in [0.05, 0.1) is 0 Å². The fraction of sp³-hybridized carbons (Fsp3) is 0.833. The Labute approximate surface area is 66.2 Å². The second-order valence-corrected chi connectivity index (χ2v) is 4.97. The molecule has 0 aromatic carbocycles. The monoisotopic (exact) mass is 243 g/mol. The molecule has 0 bridgehead atoms. The van der Waals surface area contributed by atoms with Gasteiger partial charge in [-0.25, -0.2) is 0 Å². The molecule has 0 aliphatic rings. The summed E-state index contributed by atoms with van der Waals surface area (Å²) in [6, 6.07) is 0. The molecule has 0 atom stereocenters. The summed E-state index contributed by atoms with van der Waals surface area (Å²) < 4.78 is 5.90. The predicted octanol–water partition coefficient (Wildman–Crippen LogP) is -1.36. The van der Waals surface area contributed by atoms with Crippen LogP contribution in [0.25, 0.3) is 0 Å². The molecule has 0 saturated heterocycles. The van der Waals surface area contributed by atoms with E-state index in [-0.39, 0.29) is 31.3 Å². The molecule has 0 fully saturated rings. The SMILES string of the molecule is CC[I-]C(=O)OC(C)C. The van der Waals surface area contributed by atoms with Gasteiger partial charge in [-0.2, -0.15) is 0 Å². The average Bonchev–Trinajstić information content (AvgIpc) is 1.63. The summed E-state index contributed by atoms with van der Waals surface area (Å²) >= 11 is -0.330. The van der Waals surface area contributed by atoms with Crippen molar-refractivity contribution in [2.75, 3.05) is 4.43 Å². The first-order valence-electron chi connectivity index (χ1n) is 2.96. The molecule has 2 nitrogen and oxygen atoms in total. The Hall–Kier alpha value is 0.200. The van der Waals surface area contributed by atoms with Crippen LogP contribution in [0.5, 0.6) is 0 Å². The van der Waals surface area contributed by atoms with Crippen molar-refractivity contribution in [2.45, 2.75) is 26.9 Å². The Balaban J connectivity index is 3.27. The van der Waals surface area contributed by atoms with Crippen LogP contribution in [0, 0.1) is 0 Å². The molecule has 0 rings (SSSR count). The maximum atomic E-state index is 10.7. The third-order valence-corrected chi connectivity index (χ3v) is 2.21. The van der Waals surface area contributed by atoms with Crippen LogP contribution in [-0.4, -0.2) is 14.5 Å². The minimum atomic E-state index is -0.330. The van der Waals surface area contributed by atoms with Gasteiger partial charge in [0, 0.05) is 0 Å². The van der Waals surface area contributed by atoms with E-state index in [1.165, 1.54) is 0 Å². The molecule has 0 saturated carbocycles. The van der Waals surface area contributed by atoms with Crippen LogP contribution in [0.2, 0.25) is 0 Å². The number of ether oxygens (including phenoxy) is 1. The number of hydrogen-bond donors (Lipinski definition) is 0. The van der Waals surface area contributed by atoms with Gasteiger partial charge in [-0.1, -0.05) is 0 Å². The predicted molar refractivity (Wildman–Crippen MR) is 32.2 cm³/mol. The van der Waals surface area contributed by atoms with Crippen LogP contribution in [0.15, 0.2) is 0 Å². The van der Waals surface area contributed by atoms with Crippen LogP contribution in [0.1, 0.15) is 20.8 Å². The molecule has 0 amide bonds. The number of hydrogen-bond acceptors (Lipinski definition) is 2. The van der Waals surface area contributed by atoms with E-state index in [1.807, 2.05) is 20.8 Å². The summed E-state index contributed by atoms with van der Waals surface area (Å²) in [7, 11) is 0. The Morgan fingerprint density at radius 1 is 1.67 bits per heavy atom. The van der Waals surface area contributed by atoms with Gasteiger partial charge in [0.15, 0.2) is 0 Å². The number of carbonyl (C=O) groups excluding carboxylic acids is 1. The summed E-state index contributed by atoms with van der Waals surface area (Å²) in [5.41, 5.74) is 0. The first kappa shape index (κ1) is 9.20. The third kappa shape index (κ3) is 6.08. The molecule has 0 spiro atoms. The van der Waals surface area contributed by atoms with Gasteiger partial charge in [-0.3, -0.25) is 0 Å². The Morgan fingerprint density at radius 2 is 2.22 bits per heavy atom. The molecule has 0 heterocycles. The number of rotatable bonds is 3. The van der Waals surface area contributed by atoms with Crippen molar-refractivity contribution in [3.63, 3.8) is 0 Å². The number of alkyl halides is 1. The van der Waals surface area contributed by atoms with Crippen molar-refractivity contribution >= 4 is 3.98 Å². The maximum absolute atomic E-state index is 10.7. The van der Waals surface area contributed by atoms with Gasteiger partial charge in [-0.15, -0.1) is 0 Å². The van der Waals surface area contributed by atoms with Crippen molar-refractivity contribution < 1.29 is 30.7 Å². The molecule has 0 radical (unpaired) electrons. The van der Waals surface area contributed by atoms with E-state index < -0.39 is 0 Å². The average molecular weight is 243 g/mol. The van der Waals surface area contributed by atoms with Crippen molar-refractivity contribution in [1.82, 2.24) is 0 Å². The van der Waals surface area contributed by atoms with Crippen molar-refractivity contribution in [3.8, 4) is 0 Å². The summed E-state index contributed by atoms with van der Waals surface area (Å²) in [6.07, 6.45) is 0.0590. The van der Waals surface area contributed by atoms with Gasteiger partial charge >= 0.3 is 66.0 Å². The first-order valence-corrected chi connectivity index (χ1v) is 5.57. The van der Waals surface area contributed by atoms with E-state index >= 15 is 0 Å². The zero-order valence-corrected chi connectivity index (χ0v) is 8.14. The van der Waals surface area contributed by atoms with Crippen LogP contribution < -0.4 is 21.2 Å². The van der Waals surface area contributed by atoms with Crippen LogP contribution in [0.3, 0.4) is 0 Å². The normalized spacial score (nSPS) is 10.2.